The first-order valence-electron chi connectivity index (χ1n) is 6.49. The molecule has 122 valence electrons. The smallest absolute Gasteiger partial charge is 0.323 e. The maximum Gasteiger partial charge on any atom is 0.323 e. The van der Waals surface area contributed by atoms with E-state index in [9.17, 15) is 20.1 Å². The molecule has 0 saturated heterocycles. The second-order valence-corrected chi connectivity index (χ2v) is 5.15. The van der Waals surface area contributed by atoms with Gasteiger partial charge in [0.2, 0.25) is 0 Å². The fourth-order valence-corrected chi connectivity index (χ4v) is 2.04. The number of phenols is 3. The zero-order valence-corrected chi connectivity index (χ0v) is 13.1. The van der Waals surface area contributed by atoms with Crippen LogP contribution >= 0.6 is 11.6 Å². The molecule has 0 heterocycles. The summed E-state index contributed by atoms with van der Waals surface area (Å²) in [6, 6.07) is 4.78. The molecule has 0 aliphatic carbocycles. The van der Waals surface area contributed by atoms with Crippen molar-refractivity contribution in [3.05, 3.63) is 34.9 Å². The molecule has 0 unspecified atom stereocenters. The van der Waals surface area contributed by atoms with Crippen molar-refractivity contribution in [2.75, 3.05) is 17.7 Å². The van der Waals surface area contributed by atoms with E-state index in [1.807, 2.05) is 0 Å². The fourth-order valence-electron chi connectivity index (χ4n) is 1.89. The van der Waals surface area contributed by atoms with Crippen molar-refractivity contribution in [3.8, 4) is 23.0 Å². The summed E-state index contributed by atoms with van der Waals surface area (Å²) in [6.45, 7) is 1.78. The van der Waals surface area contributed by atoms with E-state index >= 15 is 0 Å². The lowest BCUT2D eigenvalue weighted by atomic mass is 10.2. The average molecular weight is 339 g/mol. The molecule has 0 bridgehead atoms. The Labute approximate surface area is 137 Å². The number of aromatic hydroxyl groups is 3. The van der Waals surface area contributed by atoms with Gasteiger partial charge in [0.05, 0.1) is 18.5 Å². The van der Waals surface area contributed by atoms with Gasteiger partial charge in [-0.25, -0.2) is 4.79 Å². The molecule has 2 amide bonds. The van der Waals surface area contributed by atoms with Crippen molar-refractivity contribution in [1.29, 1.82) is 0 Å². The first kappa shape index (κ1) is 16.6. The van der Waals surface area contributed by atoms with Gasteiger partial charge in [-0.3, -0.25) is 0 Å². The van der Waals surface area contributed by atoms with Crippen LogP contribution in [0.5, 0.6) is 23.0 Å². The number of rotatable bonds is 3. The number of amides is 2. The molecule has 0 spiro atoms. The number of benzene rings is 2. The zero-order valence-electron chi connectivity index (χ0n) is 12.3. The Morgan fingerprint density at radius 3 is 2.26 bits per heavy atom. The molecule has 0 atom stereocenters. The summed E-state index contributed by atoms with van der Waals surface area (Å²) in [5.74, 6) is -1.39. The van der Waals surface area contributed by atoms with Crippen molar-refractivity contribution in [2.45, 2.75) is 6.92 Å². The molecule has 2 aromatic rings. The summed E-state index contributed by atoms with van der Waals surface area (Å²) in [5.41, 5.74) is 1.25. The van der Waals surface area contributed by atoms with Gasteiger partial charge in [0.15, 0.2) is 17.2 Å². The lowest BCUT2D eigenvalue weighted by Gasteiger charge is -2.13. The third kappa shape index (κ3) is 3.70. The Balaban J connectivity index is 2.19. The van der Waals surface area contributed by atoms with Crippen LogP contribution in [0.3, 0.4) is 0 Å². The van der Waals surface area contributed by atoms with Crippen LogP contribution in [0.1, 0.15) is 5.56 Å². The number of anilines is 2. The Kier molecular flexibility index (Phi) is 4.71. The van der Waals surface area contributed by atoms with Crippen LogP contribution in [0.15, 0.2) is 24.3 Å². The molecule has 0 saturated carbocycles. The third-order valence-corrected chi connectivity index (χ3v) is 3.46. The maximum atomic E-state index is 12.0. The molecule has 0 aliphatic rings. The van der Waals surface area contributed by atoms with Gasteiger partial charge >= 0.3 is 6.03 Å². The number of carbonyl (C=O) groups excluding carboxylic acids is 1. The van der Waals surface area contributed by atoms with E-state index in [2.05, 4.69) is 10.6 Å². The molecule has 7 nitrogen and oxygen atoms in total. The molecular formula is C15H15ClN2O5. The molecule has 0 fully saturated rings. The van der Waals surface area contributed by atoms with Gasteiger partial charge in [-0.15, -0.1) is 0 Å². The van der Waals surface area contributed by atoms with E-state index in [0.717, 1.165) is 17.7 Å². The molecule has 23 heavy (non-hydrogen) atoms. The Bertz CT molecular complexity index is 741. The zero-order chi connectivity index (χ0) is 17.1. The van der Waals surface area contributed by atoms with Crippen LogP contribution in [0.25, 0.3) is 0 Å². The summed E-state index contributed by atoms with van der Waals surface area (Å²) >= 11 is 5.99. The SMILES string of the molecule is COc1cc(Cl)c(C)cc1NC(=O)Nc1cc(O)c(O)c(O)c1. The highest BCUT2D eigenvalue weighted by Gasteiger charge is 2.13. The van der Waals surface area contributed by atoms with Crippen LogP contribution in [0, 0.1) is 6.92 Å². The largest absolute Gasteiger partial charge is 0.504 e. The number of nitrogens with one attached hydrogen (secondary N) is 2. The van der Waals surface area contributed by atoms with Crippen molar-refractivity contribution in [2.24, 2.45) is 0 Å². The second-order valence-electron chi connectivity index (χ2n) is 4.74. The van der Waals surface area contributed by atoms with E-state index < -0.39 is 23.3 Å². The third-order valence-electron chi connectivity index (χ3n) is 3.06. The van der Waals surface area contributed by atoms with Gasteiger partial charge in [-0.2, -0.15) is 0 Å². The highest BCUT2D eigenvalue weighted by Crippen LogP contribution is 2.37. The summed E-state index contributed by atoms with van der Waals surface area (Å²) in [5, 5.41) is 33.6. The average Bonchev–Trinajstić information content (AvgIpc) is 2.48. The monoisotopic (exact) mass is 338 g/mol. The summed E-state index contributed by atoms with van der Waals surface area (Å²) in [7, 11) is 1.44. The topological polar surface area (TPSA) is 111 Å². The Morgan fingerprint density at radius 1 is 1.09 bits per heavy atom. The fraction of sp³-hybridized carbons (Fsp3) is 0.133. The highest BCUT2D eigenvalue weighted by molar-refractivity contribution is 6.31. The van der Waals surface area contributed by atoms with Gasteiger partial charge in [0.25, 0.3) is 0 Å². The quantitative estimate of drug-likeness (QED) is 0.435. The van der Waals surface area contributed by atoms with E-state index in [-0.39, 0.29) is 5.69 Å². The summed E-state index contributed by atoms with van der Waals surface area (Å²) < 4.78 is 5.15. The molecule has 2 rings (SSSR count). The Morgan fingerprint density at radius 2 is 1.70 bits per heavy atom. The lowest BCUT2D eigenvalue weighted by molar-refractivity contribution is 0.262. The van der Waals surface area contributed by atoms with Crippen LogP contribution in [-0.4, -0.2) is 28.5 Å². The predicted octanol–water partition coefficient (Wildman–Crippen LogP) is 3.42. The van der Waals surface area contributed by atoms with Crippen molar-refractivity contribution < 1.29 is 24.9 Å². The maximum absolute atomic E-state index is 12.0. The number of aryl methyl sites for hydroxylation is 1. The second kappa shape index (κ2) is 6.53. The first-order chi connectivity index (χ1) is 10.8. The van der Waals surface area contributed by atoms with Crippen LogP contribution in [0.2, 0.25) is 5.02 Å². The highest BCUT2D eigenvalue weighted by atomic mass is 35.5. The van der Waals surface area contributed by atoms with E-state index in [0.29, 0.717) is 16.5 Å². The minimum absolute atomic E-state index is 0.0972. The molecule has 0 radical (unpaired) electrons. The first-order valence-corrected chi connectivity index (χ1v) is 6.86. The standard InChI is InChI=1S/C15H15ClN2O5/c1-7-3-10(13(23-2)6-9(7)16)18-15(22)17-8-4-11(19)14(21)12(20)5-8/h3-6,19-21H,1-2H3,(H2,17,18,22). The van der Waals surface area contributed by atoms with Gasteiger partial charge in [-0.05, 0) is 18.6 Å². The predicted molar refractivity (Wildman–Crippen MR) is 86.8 cm³/mol. The number of hydrogen-bond acceptors (Lipinski definition) is 5. The molecule has 0 aliphatic heterocycles. The number of carbonyl (C=O) groups is 1. The molecule has 2 aromatic carbocycles. The van der Waals surface area contributed by atoms with Gasteiger partial charge in [-0.1, -0.05) is 11.6 Å². The van der Waals surface area contributed by atoms with E-state index in [1.165, 1.54) is 7.11 Å². The van der Waals surface area contributed by atoms with E-state index in [4.69, 9.17) is 16.3 Å². The number of phenolic OH excluding ortho intramolecular Hbond substituents is 3. The van der Waals surface area contributed by atoms with Crippen LogP contribution in [0.4, 0.5) is 16.2 Å². The van der Waals surface area contributed by atoms with Gasteiger partial charge in [0, 0.05) is 23.2 Å². The number of methoxy groups -OCH3 is 1. The normalized spacial score (nSPS) is 10.2. The minimum Gasteiger partial charge on any atom is -0.504 e. The van der Waals surface area contributed by atoms with Crippen molar-refractivity contribution >= 4 is 29.0 Å². The summed E-state index contributed by atoms with van der Waals surface area (Å²) in [6.07, 6.45) is 0. The van der Waals surface area contributed by atoms with Crippen LogP contribution in [-0.2, 0) is 0 Å². The van der Waals surface area contributed by atoms with Gasteiger partial charge < -0.3 is 30.7 Å². The molecule has 0 aromatic heterocycles. The van der Waals surface area contributed by atoms with Crippen molar-refractivity contribution in [1.82, 2.24) is 0 Å². The summed E-state index contributed by atoms with van der Waals surface area (Å²) in [4.78, 5) is 12.0. The number of halogens is 1. The van der Waals surface area contributed by atoms with Crippen molar-refractivity contribution in [3.63, 3.8) is 0 Å². The molecular weight excluding hydrogens is 324 g/mol. The van der Waals surface area contributed by atoms with Gasteiger partial charge in [0.1, 0.15) is 5.75 Å². The minimum atomic E-state index is -0.661. The molecule has 5 N–H and O–H groups in total. The number of urea groups is 1. The number of hydrogen-bond donors (Lipinski definition) is 5. The van der Waals surface area contributed by atoms with Crippen LogP contribution < -0.4 is 15.4 Å². The molecule has 8 heteroatoms. The number of ether oxygens (including phenoxy) is 1. The van der Waals surface area contributed by atoms with E-state index in [1.54, 1.807) is 19.1 Å². The lowest BCUT2D eigenvalue weighted by Crippen LogP contribution is -2.19. The Hall–Kier alpha value is -2.80.